The highest BCUT2D eigenvalue weighted by atomic mass is 16.6. The maximum absolute atomic E-state index is 13.7. The zero-order valence-corrected chi connectivity index (χ0v) is 23.3. The van der Waals surface area contributed by atoms with Gasteiger partial charge in [-0.25, -0.2) is 14.8 Å². The lowest BCUT2D eigenvalue weighted by atomic mass is 9.94. The highest BCUT2D eigenvalue weighted by molar-refractivity contribution is 5.91. The lowest BCUT2D eigenvalue weighted by molar-refractivity contribution is 0.000497. The van der Waals surface area contributed by atoms with Gasteiger partial charge in [-0.15, -0.1) is 0 Å². The van der Waals surface area contributed by atoms with Crippen LogP contribution in [0.3, 0.4) is 0 Å². The van der Waals surface area contributed by atoms with E-state index < -0.39 is 5.60 Å². The number of carbonyl (C=O) groups is 1. The molecule has 2 aliphatic rings. The minimum absolute atomic E-state index is 0.0261. The third-order valence-corrected chi connectivity index (χ3v) is 8.03. The zero-order valence-electron chi connectivity index (χ0n) is 23.3. The largest absolute Gasteiger partial charge is 0.507 e. The number of benzene rings is 1. The molecule has 39 heavy (non-hydrogen) atoms. The van der Waals surface area contributed by atoms with Gasteiger partial charge >= 0.3 is 6.09 Å². The number of hydrogen-bond acceptors (Lipinski definition) is 7. The summed E-state index contributed by atoms with van der Waals surface area (Å²) in [6.07, 6.45) is 6.64. The highest BCUT2D eigenvalue weighted by Crippen LogP contribution is 2.51. The fourth-order valence-corrected chi connectivity index (χ4v) is 5.97. The normalized spacial score (nSPS) is 18.7. The van der Waals surface area contributed by atoms with Crippen molar-refractivity contribution in [2.45, 2.75) is 77.5 Å². The number of piperidine rings is 1. The molecule has 0 radical (unpaired) electrons. The average molecular weight is 531 g/mol. The number of amides is 1. The number of likely N-dealkylation sites (tertiary alicyclic amines) is 1. The summed E-state index contributed by atoms with van der Waals surface area (Å²) in [5.41, 5.74) is 2.07. The van der Waals surface area contributed by atoms with Crippen LogP contribution >= 0.6 is 0 Å². The molecule has 6 rings (SSSR count). The Labute approximate surface area is 226 Å². The standard InChI is InChI=1S/C29H34N6O4/c1-16-23-18(15-33(6)32-23)13-20(24(16)36)25-30-17(2)22-21(31-25)8-11-34(26(22)37)19-7-12-35(29(14-19)9-10-29)27(38)39-28(3,4)5/h8,11,13,15,19,36H,7,9-10,12,14H2,1-6H3/t19-/m1/s1. The van der Waals surface area contributed by atoms with E-state index in [0.29, 0.717) is 52.9 Å². The number of aryl methyl sites for hydroxylation is 3. The molecule has 1 aromatic carbocycles. The maximum Gasteiger partial charge on any atom is 0.410 e. The molecule has 0 bridgehead atoms. The molecule has 1 aliphatic carbocycles. The summed E-state index contributed by atoms with van der Waals surface area (Å²) in [6.45, 7) is 9.80. The van der Waals surface area contributed by atoms with Crippen LogP contribution < -0.4 is 5.56 Å². The Morgan fingerprint density at radius 2 is 1.95 bits per heavy atom. The Bertz CT molecular complexity index is 1710. The molecule has 204 valence electrons. The molecule has 1 saturated carbocycles. The first-order valence-electron chi connectivity index (χ1n) is 13.4. The number of pyridine rings is 1. The number of ether oxygens (including phenoxy) is 1. The molecule has 1 spiro atoms. The van der Waals surface area contributed by atoms with E-state index >= 15 is 0 Å². The summed E-state index contributed by atoms with van der Waals surface area (Å²) in [4.78, 5) is 37.8. The average Bonchev–Trinajstić information content (AvgIpc) is 3.49. The Kier molecular flexibility index (Phi) is 5.54. The lowest BCUT2D eigenvalue weighted by Crippen LogP contribution is -2.50. The van der Waals surface area contributed by atoms with E-state index in [0.717, 1.165) is 23.7 Å². The molecular weight excluding hydrogens is 496 g/mol. The molecule has 4 heterocycles. The van der Waals surface area contributed by atoms with Crippen LogP contribution in [0.25, 0.3) is 33.2 Å². The Balaban J connectivity index is 1.34. The summed E-state index contributed by atoms with van der Waals surface area (Å²) >= 11 is 0. The Morgan fingerprint density at radius 3 is 2.64 bits per heavy atom. The van der Waals surface area contributed by atoms with Crippen molar-refractivity contribution >= 4 is 27.9 Å². The van der Waals surface area contributed by atoms with Crippen LogP contribution in [-0.4, -0.2) is 58.1 Å². The Morgan fingerprint density at radius 1 is 1.21 bits per heavy atom. The summed E-state index contributed by atoms with van der Waals surface area (Å²) in [6, 6.07) is 3.66. The third kappa shape index (κ3) is 4.22. The molecule has 0 unspecified atom stereocenters. The van der Waals surface area contributed by atoms with Crippen molar-refractivity contribution in [3.05, 3.63) is 46.1 Å². The number of phenolic OH excluding ortho intramolecular Hbond substituents is 1. The number of aromatic nitrogens is 5. The van der Waals surface area contributed by atoms with Crippen LogP contribution in [0.2, 0.25) is 0 Å². The molecule has 4 aromatic rings. The molecule has 1 aliphatic heterocycles. The molecule has 1 amide bonds. The van der Waals surface area contributed by atoms with Gasteiger partial charge in [0.1, 0.15) is 11.4 Å². The van der Waals surface area contributed by atoms with Gasteiger partial charge < -0.3 is 19.3 Å². The molecule has 1 atom stereocenters. The predicted molar refractivity (Wildman–Crippen MR) is 148 cm³/mol. The number of hydrogen-bond donors (Lipinski definition) is 1. The van der Waals surface area contributed by atoms with Crippen LogP contribution in [0.15, 0.2) is 29.3 Å². The quantitative estimate of drug-likeness (QED) is 0.397. The number of phenols is 1. The van der Waals surface area contributed by atoms with Gasteiger partial charge in [-0.2, -0.15) is 5.10 Å². The molecular formula is C29H34N6O4. The second-order valence-corrected chi connectivity index (χ2v) is 12.1. The smallest absolute Gasteiger partial charge is 0.410 e. The lowest BCUT2D eigenvalue weighted by Gasteiger charge is -2.41. The second kappa shape index (κ2) is 8.53. The van der Waals surface area contributed by atoms with Crippen molar-refractivity contribution in [1.29, 1.82) is 0 Å². The Hall–Kier alpha value is -3.95. The van der Waals surface area contributed by atoms with Crippen molar-refractivity contribution < 1.29 is 14.6 Å². The van der Waals surface area contributed by atoms with Crippen molar-refractivity contribution in [1.82, 2.24) is 29.2 Å². The van der Waals surface area contributed by atoms with E-state index in [2.05, 4.69) is 10.1 Å². The van der Waals surface area contributed by atoms with E-state index in [1.54, 1.807) is 22.4 Å². The SMILES string of the molecule is Cc1c(O)c(-c2nc(C)c3c(=O)n([C@@H]4CCN(C(=O)OC(C)(C)C)C5(CC5)C4)ccc3n2)cc2cn(C)nc12. The first kappa shape index (κ1) is 25.3. The van der Waals surface area contributed by atoms with Gasteiger partial charge in [0, 0.05) is 48.5 Å². The van der Waals surface area contributed by atoms with Crippen LogP contribution in [-0.2, 0) is 11.8 Å². The fourth-order valence-electron chi connectivity index (χ4n) is 5.97. The van der Waals surface area contributed by atoms with Gasteiger partial charge in [0.05, 0.1) is 27.7 Å². The number of rotatable bonds is 2. The summed E-state index contributed by atoms with van der Waals surface area (Å²) in [5, 5.41) is 16.7. The number of nitrogens with zero attached hydrogens (tertiary/aromatic N) is 6. The summed E-state index contributed by atoms with van der Waals surface area (Å²) < 4.78 is 9.15. The van der Waals surface area contributed by atoms with Crippen molar-refractivity contribution in [3.63, 3.8) is 0 Å². The van der Waals surface area contributed by atoms with Crippen molar-refractivity contribution in [3.8, 4) is 17.1 Å². The van der Waals surface area contributed by atoms with Crippen molar-refractivity contribution in [2.24, 2.45) is 7.05 Å². The van der Waals surface area contributed by atoms with E-state index in [1.165, 1.54) is 0 Å². The predicted octanol–water partition coefficient (Wildman–Crippen LogP) is 4.77. The van der Waals surface area contributed by atoms with Gasteiger partial charge in [-0.3, -0.25) is 9.48 Å². The third-order valence-electron chi connectivity index (χ3n) is 8.03. The number of carbonyl (C=O) groups excluding carboxylic acids is 1. The number of fused-ring (bicyclic) bond motifs is 2. The van der Waals surface area contributed by atoms with E-state index in [1.807, 2.05) is 58.0 Å². The fraction of sp³-hybridized carbons (Fsp3) is 0.483. The maximum atomic E-state index is 13.7. The monoisotopic (exact) mass is 530 g/mol. The minimum Gasteiger partial charge on any atom is -0.507 e. The molecule has 2 fully saturated rings. The summed E-state index contributed by atoms with van der Waals surface area (Å²) in [7, 11) is 1.84. The molecule has 3 aromatic heterocycles. The van der Waals surface area contributed by atoms with Gasteiger partial charge in [0.25, 0.3) is 5.56 Å². The van der Waals surface area contributed by atoms with E-state index in [9.17, 15) is 14.7 Å². The highest BCUT2D eigenvalue weighted by Gasteiger charge is 2.54. The molecule has 10 nitrogen and oxygen atoms in total. The van der Waals surface area contributed by atoms with Gasteiger partial charge in [0.2, 0.25) is 0 Å². The topological polar surface area (TPSA) is 115 Å². The second-order valence-electron chi connectivity index (χ2n) is 12.1. The van der Waals surface area contributed by atoms with Crippen LogP contribution in [0, 0.1) is 13.8 Å². The van der Waals surface area contributed by atoms with Crippen LogP contribution in [0.1, 0.15) is 63.8 Å². The number of aromatic hydroxyl groups is 1. The van der Waals surface area contributed by atoms with Crippen LogP contribution in [0.4, 0.5) is 4.79 Å². The zero-order chi connectivity index (χ0) is 27.9. The van der Waals surface area contributed by atoms with Crippen molar-refractivity contribution in [2.75, 3.05) is 6.54 Å². The molecule has 1 saturated heterocycles. The van der Waals surface area contributed by atoms with E-state index in [4.69, 9.17) is 9.72 Å². The van der Waals surface area contributed by atoms with Crippen LogP contribution in [0.5, 0.6) is 5.75 Å². The van der Waals surface area contributed by atoms with E-state index in [-0.39, 0.29) is 29.0 Å². The van der Waals surface area contributed by atoms with Gasteiger partial charge in [-0.1, -0.05) is 0 Å². The molecule has 1 N–H and O–H groups in total. The first-order chi connectivity index (χ1) is 18.4. The van der Waals surface area contributed by atoms with Gasteiger partial charge in [0.15, 0.2) is 5.82 Å². The minimum atomic E-state index is -0.547. The first-order valence-corrected chi connectivity index (χ1v) is 13.4. The summed E-state index contributed by atoms with van der Waals surface area (Å²) in [5.74, 6) is 0.450. The van der Waals surface area contributed by atoms with Gasteiger partial charge in [-0.05, 0) is 72.4 Å². The molecule has 10 heteroatoms.